The number of hydrogen-bond donors (Lipinski definition) is 1. The SMILES string of the molecule is CCC(C)N(CC(=O)N(Cc1cccn1C)C1CC1)C(=O)Nc1cccc(C)c1. The van der Waals surface area contributed by atoms with Gasteiger partial charge in [-0.25, -0.2) is 4.79 Å². The molecule has 1 unspecified atom stereocenters. The van der Waals surface area contributed by atoms with Crippen molar-refractivity contribution >= 4 is 17.6 Å². The summed E-state index contributed by atoms with van der Waals surface area (Å²) in [5.41, 5.74) is 2.93. The van der Waals surface area contributed by atoms with Gasteiger partial charge in [0.2, 0.25) is 5.91 Å². The Morgan fingerprint density at radius 3 is 2.59 bits per heavy atom. The molecule has 1 aromatic carbocycles. The summed E-state index contributed by atoms with van der Waals surface area (Å²) >= 11 is 0. The molecule has 0 bridgehead atoms. The Labute approximate surface area is 173 Å². The van der Waals surface area contributed by atoms with Crippen molar-refractivity contribution in [2.24, 2.45) is 7.05 Å². The van der Waals surface area contributed by atoms with Crippen molar-refractivity contribution in [2.45, 2.75) is 58.7 Å². The minimum Gasteiger partial charge on any atom is -0.353 e. The third-order valence-corrected chi connectivity index (χ3v) is 5.65. The molecule has 2 aromatic rings. The average molecular weight is 397 g/mol. The highest BCUT2D eigenvalue weighted by Gasteiger charge is 2.34. The van der Waals surface area contributed by atoms with E-state index in [9.17, 15) is 9.59 Å². The molecule has 1 heterocycles. The average Bonchev–Trinajstić information content (AvgIpc) is 3.45. The number of nitrogens with one attached hydrogen (secondary N) is 1. The van der Waals surface area contributed by atoms with E-state index in [1.807, 2.05) is 79.9 Å². The lowest BCUT2D eigenvalue weighted by Crippen LogP contribution is -2.48. The lowest BCUT2D eigenvalue weighted by Gasteiger charge is -2.31. The first-order valence-electron chi connectivity index (χ1n) is 10.4. The number of nitrogens with zero attached hydrogens (tertiary/aromatic N) is 3. The second-order valence-electron chi connectivity index (χ2n) is 8.05. The molecular weight excluding hydrogens is 364 g/mol. The normalized spacial score (nSPS) is 14.3. The van der Waals surface area contributed by atoms with Crippen LogP contribution in [0.4, 0.5) is 10.5 Å². The van der Waals surface area contributed by atoms with Crippen LogP contribution >= 0.6 is 0 Å². The van der Waals surface area contributed by atoms with Crippen LogP contribution in [0, 0.1) is 6.92 Å². The van der Waals surface area contributed by atoms with Crippen LogP contribution in [0.15, 0.2) is 42.6 Å². The summed E-state index contributed by atoms with van der Waals surface area (Å²) < 4.78 is 2.04. The van der Waals surface area contributed by atoms with E-state index < -0.39 is 0 Å². The highest BCUT2D eigenvalue weighted by atomic mass is 16.2. The van der Waals surface area contributed by atoms with E-state index in [0.29, 0.717) is 6.54 Å². The molecule has 0 radical (unpaired) electrons. The molecule has 156 valence electrons. The van der Waals surface area contributed by atoms with Gasteiger partial charge in [0.05, 0.1) is 6.54 Å². The molecule has 6 nitrogen and oxygen atoms in total. The fraction of sp³-hybridized carbons (Fsp3) is 0.478. The molecule has 0 aliphatic heterocycles. The number of amides is 3. The van der Waals surface area contributed by atoms with E-state index in [4.69, 9.17) is 0 Å². The topological polar surface area (TPSA) is 57.6 Å². The van der Waals surface area contributed by atoms with Crippen LogP contribution in [0.5, 0.6) is 0 Å². The van der Waals surface area contributed by atoms with Gasteiger partial charge in [0.1, 0.15) is 6.54 Å². The predicted molar refractivity (Wildman–Crippen MR) is 116 cm³/mol. The van der Waals surface area contributed by atoms with Gasteiger partial charge in [0, 0.05) is 36.7 Å². The number of hydrogen-bond acceptors (Lipinski definition) is 2. The molecule has 0 saturated heterocycles. The molecule has 3 amide bonds. The maximum atomic E-state index is 13.2. The lowest BCUT2D eigenvalue weighted by molar-refractivity contribution is -0.133. The van der Waals surface area contributed by atoms with Crippen LogP contribution in [-0.2, 0) is 18.4 Å². The zero-order valence-corrected chi connectivity index (χ0v) is 17.9. The number of carbonyl (C=O) groups is 2. The summed E-state index contributed by atoms with van der Waals surface area (Å²) in [6, 6.07) is 11.8. The zero-order valence-electron chi connectivity index (χ0n) is 17.9. The number of urea groups is 1. The minimum absolute atomic E-state index is 0.00777. The summed E-state index contributed by atoms with van der Waals surface area (Å²) in [6.45, 7) is 6.68. The summed E-state index contributed by atoms with van der Waals surface area (Å²) in [4.78, 5) is 29.8. The molecular formula is C23H32N4O2. The van der Waals surface area contributed by atoms with Crippen molar-refractivity contribution in [3.05, 3.63) is 53.9 Å². The Morgan fingerprint density at radius 1 is 1.24 bits per heavy atom. The van der Waals surface area contributed by atoms with Gasteiger partial charge in [-0.2, -0.15) is 0 Å². The quantitative estimate of drug-likeness (QED) is 0.728. The maximum absolute atomic E-state index is 13.2. The van der Waals surface area contributed by atoms with Crippen molar-refractivity contribution in [3.63, 3.8) is 0 Å². The van der Waals surface area contributed by atoms with Gasteiger partial charge in [-0.05, 0) is 62.9 Å². The molecule has 1 aliphatic carbocycles. The molecule has 6 heteroatoms. The van der Waals surface area contributed by atoms with E-state index in [2.05, 4.69) is 5.32 Å². The third kappa shape index (κ3) is 5.40. The summed E-state index contributed by atoms with van der Waals surface area (Å²) in [6.07, 6.45) is 4.85. The summed E-state index contributed by atoms with van der Waals surface area (Å²) in [5.74, 6) is 0.00777. The van der Waals surface area contributed by atoms with Crippen LogP contribution in [0.2, 0.25) is 0 Å². The van der Waals surface area contributed by atoms with Gasteiger partial charge in [0.15, 0.2) is 0 Å². The van der Waals surface area contributed by atoms with E-state index in [1.165, 1.54) is 0 Å². The fourth-order valence-corrected chi connectivity index (χ4v) is 3.45. The van der Waals surface area contributed by atoms with Crippen LogP contribution in [0.3, 0.4) is 0 Å². The number of rotatable bonds is 8. The van der Waals surface area contributed by atoms with Gasteiger partial charge in [-0.15, -0.1) is 0 Å². The Kier molecular flexibility index (Phi) is 6.62. The lowest BCUT2D eigenvalue weighted by atomic mass is 10.2. The van der Waals surface area contributed by atoms with Crippen LogP contribution in [0.1, 0.15) is 44.4 Å². The van der Waals surface area contributed by atoms with Crippen molar-refractivity contribution in [1.29, 1.82) is 0 Å². The smallest absolute Gasteiger partial charge is 0.322 e. The molecule has 0 spiro atoms. The number of aromatic nitrogens is 1. The Bertz CT molecular complexity index is 856. The first-order valence-corrected chi connectivity index (χ1v) is 10.4. The highest BCUT2D eigenvalue weighted by molar-refractivity contribution is 5.92. The highest BCUT2D eigenvalue weighted by Crippen LogP contribution is 2.29. The number of carbonyl (C=O) groups excluding carboxylic acids is 2. The van der Waals surface area contributed by atoms with Gasteiger partial charge in [-0.1, -0.05) is 19.1 Å². The van der Waals surface area contributed by atoms with E-state index in [1.54, 1.807) is 4.90 Å². The number of anilines is 1. The molecule has 1 aliphatic rings. The molecule has 1 aromatic heterocycles. The molecule has 1 saturated carbocycles. The standard InChI is InChI=1S/C23H32N4O2/c1-5-18(3)26(23(29)24-19-9-6-8-17(2)14-19)16-22(28)27(20-11-12-20)15-21-10-7-13-25(21)4/h6-10,13-14,18,20H,5,11-12,15-16H2,1-4H3,(H,24,29). The van der Waals surface area contributed by atoms with Crippen molar-refractivity contribution in [1.82, 2.24) is 14.4 Å². The van der Waals surface area contributed by atoms with Crippen LogP contribution < -0.4 is 5.32 Å². The predicted octanol–water partition coefficient (Wildman–Crippen LogP) is 4.16. The van der Waals surface area contributed by atoms with Crippen molar-refractivity contribution < 1.29 is 9.59 Å². The first-order chi connectivity index (χ1) is 13.9. The minimum atomic E-state index is -0.229. The Hall–Kier alpha value is -2.76. The molecule has 1 atom stereocenters. The summed E-state index contributed by atoms with van der Waals surface area (Å²) in [5, 5.41) is 2.95. The van der Waals surface area contributed by atoms with Gasteiger partial charge < -0.3 is 19.7 Å². The van der Waals surface area contributed by atoms with Crippen molar-refractivity contribution in [3.8, 4) is 0 Å². The van der Waals surface area contributed by atoms with E-state index >= 15 is 0 Å². The first kappa shape index (κ1) is 21.0. The van der Waals surface area contributed by atoms with Crippen LogP contribution in [0.25, 0.3) is 0 Å². The Morgan fingerprint density at radius 2 is 2.00 bits per heavy atom. The molecule has 1 fully saturated rings. The largest absolute Gasteiger partial charge is 0.353 e. The van der Waals surface area contributed by atoms with Gasteiger partial charge >= 0.3 is 6.03 Å². The Balaban J connectivity index is 1.71. The zero-order chi connectivity index (χ0) is 21.0. The second-order valence-corrected chi connectivity index (χ2v) is 8.05. The molecule has 29 heavy (non-hydrogen) atoms. The molecule has 3 rings (SSSR count). The monoisotopic (exact) mass is 396 g/mol. The fourth-order valence-electron chi connectivity index (χ4n) is 3.45. The van der Waals surface area contributed by atoms with E-state index in [0.717, 1.165) is 36.2 Å². The maximum Gasteiger partial charge on any atom is 0.322 e. The number of aryl methyl sites for hydroxylation is 2. The number of benzene rings is 1. The third-order valence-electron chi connectivity index (χ3n) is 5.65. The van der Waals surface area contributed by atoms with Gasteiger partial charge in [-0.3, -0.25) is 4.79 Å². The summed E-state index contributed by atoms with van der Waals surface area (Å²) in [7, 11) is 1.99. The van der Waals surface area contributed by atoms with Crippen molar-refractivity contribution in [2.75, 3.05) is 11.9 Å². The van der Waals surface area contributed by atoms with E-state index in [-0.39, 0.29) is 30.6 Å². The van der Waals surface area contributed by atoms with Gasteiger partial charge in [0.25, 0.3) is 0 Å². The molecule has 1 N–H and O–H groups in total. The van der Waals surface area contributed by atoms with Crippen LogP contribution in [-0.4, -0.2) is 44.9 Å². The second kappa shape index (κ2) is 9.16.